The van der Waals surface area contributed by atoms with Gasteiger partial charge in [-0.05, 0) is 24.3 Å². The van der Waals surface area contributed by atoms with E-state index in [0.717, 1.165) is 0 Å². The fraction of sp³-hybridized carbons (Fsp3) is 0.0769. The molecule has 6 nitrogen and oxygen atoms in total. The molecule has 0 radical (unpaired) electrons. The van der Waals surface area contributed by atoms with E-state index in [-0.39, 0.29) is 17.9 Å². The Morgan fingerprint density at radius 3 is 2.60 bits per heavy atom. The van der Waals surface area contributed by atoms with Gasteiger partial charge in [0.2, 0.25) is 5.91 Å². The van der Waals surface area contributed by atoms with E-state index in [1.165, 1.54) is 35.2 Å². The number of nitrogens with zero attached hydrogens (tertiary/aromatic N) is 4. The van der Waals surface area contributed by atoms with Crippen LogP contribution in [0.15, 0.2) is 30.6 Å². The summed E-state index contributed by atoms with van der Waals surface area (Å²) < 4.78 is 14.0. The average molecular weight is 269 g/mol. The lowest BCUT2D eigenvalue weighted by atomic mass is 10.3. The number of imidazole rings is 1. The number of nitriles is 2. The molecule has 0 aliphatic heterocycles. The summed E-state index contributed by atoms with van der Waals surface area (Å²) in [5.41, 5.74) is 0.444. The Bertz CT molecular complexity index is 721. The second kappa shape index (κ2) is 5.63. The summed E-state index contributed by atoms with van der Waals surface area (Å²) in [6.07, 6.45) is 1.25. The SMILES string of the molecule is N#Cc1ncn(CC(=O)Nc2ccc(F)cc2)c1C#N. The number of aromatic nitrogens is 2. The summed E-state index contributed by atoms with van der Waals surface area (Å²) in [4.78, 5) is 15.5. The van der Waals surface area contributed by atoms with Crippen molar-refractivity contribution >= 4 is 11.6 Å². The highest BCUT2D eigenvalue weighted by Crippen LogP contribution is 2.09. The molecule has 7 heteroatoms. The van der Waals surface area contributed by atoms with Crippen LogP contribution >= 0.6 is 0 Å². The first-order valence-corrected chi connectivity index (χ1v) is 5.55. The summed E-state index contributed by atoms with van der Waals surface area (Å²) in [6, 6.07) is 8.88. The normalized spacial score (nSPS) is 9.55. The van der Waals surface area contributed by atoms with E-state index in [9.17, 15) is 9.18 Å². The van der Waals surface area contributed by atoms with Crippen LogP contribution in [0.2, 0.25) is 0 Å². The molecule has 1 amide bonds. The lowest BCUT2D eigenvalue weighted by Gasteiger charge is -2.06. The van der Waals surface area contributed by atoms with Crippen LogP contribution in [0, 0.1) is 28.5 Å². The maximum atomic E-state index is 12.7. The molecule has 0 aliphatic carbocycles. The van der Waals surface area contributed by atoms with E-state index >= 15 is 0 Å². The van der Waals surface area contributed by atoms with Gasteiger partial charge >= 0.3 is 0 Å². The van der Waals surface area contributed by atoms with E-state index in [2.05, 4.69) is 10.3 Å². The second-order valence-corrected chi connectivity index (χ2v) is 3.85. The fourth-order valence-electron chi connectivity index (χ4n) is 1.59. The molecule has 1 aromatic heterocycles. The third-order valence-corrected chi connectivity index (χ3v) is 2.49. The number of hydrogen-bond acceptors (Lipinski definition) is 4. The Morgan fingerprint density at radius 2 is 2.00 bits per heavy atom. The van der Waals surface area contributed by atoms with Gasteiger partial charge in [0.15, 0.2) is 11.4 Å². The van der Waals surface area contributed by atoms with E-state index in [4.69, 9.17) is 10.5 Å². The molecule has 0 unspecified atom stereocenters. The van der Waals surface area contributed by atoms with Crippen molar-refractivity contribution in [3.63, 3.8) is 0 Å². The molecular weight excluding hydrogens is 261 g/mol. The number of carbonyl (C=O) groups is 1. The number of halogens is 1. The molecule has 0 saturated carbocycles. The van der Waals surface area contributed by atoms with Gasteiger partial charge in [-0.3, -0.25) is 4.79 Å². The molecule has 0 bridgehead atoms. The Kier molecular flexibility index (Phi) is 3.73. The fourth-order valence-corrected chi connectivity index (χ4v) is 1.59. The third-order valence-electron chi connectivity index (χ3n) is 2.49. The Morgan fingerprint density at radius 1 is 1.30 bits per heavy atom. The van der Waals surface area contributed by atoms with Gasteiger partial charge in [-0.25, -0.2) is 9.37 Å². The minimum absolute atomic E-state index is 0.0258. The van der Waals surface area contributed by atoms with Gasteiger partial charge in [-0.2, -0.15) is 10.5 Å². The van der Waals surface area contributed by atoms with Crippen molar-refractivity contribution in [2.75, 3.05) is 5.32 Å². The summed E-state index contributed by atoms with van der Waals surface area (Å²) in [7, 11) is 0. The second-order valence-electron chi connectivity index (χ2n) is 3.85. The summed E-state index contributed by atoms with van der Waals surface area (Å²) in [5.74, 6) is -0.807. The molecule has 0 aliphatic rings. The summed E-state index contributed by atoms with van der Waals surface area (Å²) in [5, 5.41) is 20.2. The quantitative estimate of drug-likeness (QED) is 0.911. The Labute approximate surface area is 113 Å². The van der Waals surface area contributed by atoms with Gasteiger partial charge in [0.05, 0.1) is 6.33 Å². The van der Waals surface area contributed by atoms with Gasteiger partial charge in [0, 0.05) is 5.69 Å². The van der Waals surface area contributed by atoms with Crippen molar-refractivity contribution in [2.24, 2.45) is 0 Å². The highest BCUT2D eigenvalue weighted by molar-refractivity contribution is 5.90. The standard InChI is InChI=1S/C13H8FN5O/c14-9-1-3-10(4-2-9)18-13(20)7-19-8-17-11(5-15)12(19)6-16/h1-4,8H,7H2,(H,18,20). The molecule has 20 heavy (non-hydrogen) atoms. The van der Waals surface area contributed by atoms with Gasteiger partial charge < -0.3 is 9.88 Å². The molecule has 0 fully saturated rings. The highest BCUT2D eigenvalue weighted by atomic mass is 19.1. The summed E-state index contributed by atoms with van der Waals surface area (Å²) >= 11 is 0. The minimum atomic E-state index is -0.407. The molecule has 0 saturated heterocycles. The van der Waals surface area contributed by atoms with E-state index < -0.39 is 11.7 Å². The number of hydrogen-bond donors (Lipinski definition) is 1. The first-order valence-electron chi connectivity index (χ1n) is 5.55. The van der Waals surface area contributed by atoms with Crippen molar-refractivity contribution in [3.8, 4) is 12.1 Å². The molecule has 0 atom stereocenters. The zero-order valence-electron chi connectivity index (χ0n) is 10.2. The highest BCUT2D eigenvalue weighted by Gasteiger charge is 2.12. The molecule has 2 rings (SSSR count). The van der Waals surface area contributed by atoms with Gasteiger partial charge in [0.1, 0.15) is 24.5 Å². The van der Waals surface area contributed by atoms with Crippen molar-refractivity contribution in [1.82, 2.24) is 9.55 Å². The molecule has 1 aromatic carbocycles. The zero-order valence-corrected chi connectivity index (χ0v) is 10.2. The van der Waals surface area contributed by atoms with Crippen LogP contribution in [0.5, 0.6) is 0 Å². The zero-order chi connectivity index (χ0) is 14.5. The van der Waals surface area contributed by atoms with E-state index in [1.54, 1.807) is 6.07 Å². The summed E-state index contributed by atoms with van der Waals surface area (Å²) in [6.45, 7) is -0.158. The maximum Gasteiger partial charge on any atom is 0.244 e. The largest absolute Gasteiger partial charge is 0.325 e. The molecule has 1 heterocycles. The lowest BCUT2D eigenvalue weighted by Crippen LogP contribution is -2.19. The molecule has 0 spiro atoms. The first kappa shape index (κ1) is 13.2. The van der Waals surface area contributed by atoms with Crippen molar-refractivity contribution in [2.45, 2.75) is 6.54 Å². The van der Waals surface area contributed by atoms with Crippen molar-refractivity contribution < 1.29 is 9.18 Å². The van der Waals surface area contributed by atoms with Crippen LogP contribution < -0.4 is 5.32 Å². The molecule has 2 aromatic rings. The number of amides is 1. The van der Waals surface area contributed by atoms with E-state index in [1.807, 2.05) is 6.07 Å². The van der Waals surface area contributed by atoms with Crippen LogP contribution in [-0.4, -0.2) is 15.5 Å². The Hall–Kier alpha value is -3.19. The van der Waals surface area contributed by atoms with Crippen LogP contribution in [0.25, 0.3) is 0 Å². The number of rotatable bonds is 3. The van der Waals surface area contributed by atoms with Crippen molar-refractivity contribution in [1.29, 1.82) is 10.5 Å². The number of anilines is 1. The third kappa shape index (κ3) is 2.79. The number of benzene rings is 1. The minimum Gasteiger partial charge on any atom is -0.325 e. The predicted octanol–water partition coefficient (Wildman–Crippen LogP) is 1.40. The molecular formula is C13H8FN5O. The predicted molar refractivity (Wildman–Crippen MR) is 66.7 cm³/mol. The first-order chi connectivity index (χ1) is 9.63. The Balaban J connectivity index is 2.09. The van der Waals surface area contributed by atoms with E-state index in [0.29, 0.717) is 5.69 Å². The number of carbonyl (C=O) groups excluding carboxylic acids is 1. The van der Waals surface area contributed by atoms with Crippen molar-refractivity contribution in [3.05, 3.63) is 47.8 Å². The van der Waals surface area contributed by atoms with Crippen LogP contribution in [0.1, 0.15) is 11.4 Å². The average Bonchev–Trinajstić information content (AvgIpc) is 2.83. The van der Waals surface area contributed by atoms with Gasteiger partial charge in [-0.1, -0.05) is 0 Å². The molecule has 98 valence electrons. The number of nitrogens with one attached hydrogen (secondary N) is 1. The smallest absolute Gasteiger partial charge is 0.244 e. The van der Waals surface area contributed by atoms with Gasteiger partial charge in [0.25, 0.3) is 0 Å². The maximum absolute atomic E-state index is 12.7. The van der Waals surface area contributed by atoms with Crippen LogP contribution in [-0.2, 0) is 11.3 Å². The monoisotopic (exact) mass is 269 g/mol. The topological polar surface area (TPSA) is 94.5 Å². The molecule has 1 N–H and O–H groups in total. The lowest BCUT2D eigenvalue weighted by molar-refractivity contribution is -0.116. The van der Waals surface area contributed by atoms with Crippen LogP contribution in [0.3, 0.4) is 0 Å². The van der Waals surface area contributed by atoms with Crippen LogP contribution in [0.4, 0.5) is 10.1 Å². The van der Waals surface area contributed by atoms with Gasteiger partial charge in [-0.15, -0.1) is 0 Å².